The van der Waals surface area contributed by atoms with Gasteiger partial charge in [0.25, 0.3) is 0 Å². The maximum atomic E-state index is 11.4. The Hall–Kier alpha value is -1.05. The summed E-state index contributed by atoms with van der Waals surface area (Å²) < 4.78 is 5.48. The van der Waals surface area contributed by atoms with E-state index in [0.29, 0.717) is 5.41 Å². The molecule has 0 spiro atoms. The Morgan fingerprint density at radius 1 is 1.10 bits per heavy atom. The van der Waals surface area contributed by atoms with Crippen molar-refractivity contribution in [2.24, 2.45) is 46.3 Å². The van der Waals surface area contributed by atoms with Gasteiger partial charge in [-0.2, -0.15) is 0 Å². The summed E-state index contributed by atoms with van der Waals surface area (Å²) in [6.45, 7) is 14.0. The number of carbonyl (C=O) groups excluding carboxylic acids is 1. The van der Waals surface area contributed by atoms with Crippen molar-refractivity contribution in [2.75, 3.05) is 0 Å². The predicted molar refractivity (Wildman–Crippen MR) is 128 cm³/mol. The third-order valence-corrected chi connectivity index (χ3v) is 10.2. The second-order valence-electron chi connectivity index (χ2n) is 12.4. The van der Waals surface area contributed by atoms with Crippen molar-refractivity contribution in [1.82, 2.24) is 0 Å². The number of rotatable bonds is 6. The summed E-state index contributed by atoms with van der Waals surface area (Å²) in [4.78, 5) is 11.4. The van der Waals surface area contributed by atoms with Crippen LogP contribution in [0.2, 0.25) is 0 Å². The molecular weight excluding hydrogens is 380 g/mol. The summed E-state index contributed by atoms with van der Waals surface area (Å²) in [5.74, 6) is 5.88. The Labute approximate surface area is 191 Å². The molecule has 4 aliphatic carbocycles. The summed E-state index contributed by atoms with van der Waals surface area (Å²) in [6.07, 6.45) is 17.9. The number of hydrogen-bond acceptors (Lipinski definition) is 2. The monoisotopic (exact) mass is 426 g/mol. The van der Waals surface area contributed by atoms with Gasteiger partial charge < -0.3 is 4.74 Å². The van der Waals surface area contributed by atoms with Crippen LogP contribution in [-0.4, -0.2) is 5.97 Å². The molecule has 0 heterocycles. The van der Waals surface area contributed by atoms with Gasteiger partial charge in [0.15, 0.2) is 0 Å². The van der Waals surface area contributed by atoms with Gasteiger partial charge in [0.05, 0.1) is 0 Å². The number of hydrogen-bond donors (Lipinski definition) is 0. The topological polar surface area (TPSA) is 26.3 Å². The molecule has 0 aromatic carbocycles. The van der Waals surface area contributed by atoms with Gasteiger partial charge in [-0.1, -0.05) is 60.0 Å². The van der Waals surface area contributed by atoms with Crippen molar-refractivity contribution in [1.29, 1.82) is 0 Å². The Morgan fingerprint density at radius 2 is 1.87 bits per heavy atom. The molecule has 0 bridgehead atoms. The van der Waals surface area contributed by atoms with Crippen LogP contribution < -0.4 is 0 Å². The average molecular weight is 427 g/mol. The largest absolute Gasteiger partial charge is 0.431 e. The standard InChI is InChI=1S/C29H46O2/c1-19(2)8-7-9-20(3)25-12-13-26-24-11-10-22-18-23(31-21(4)30)14-16-28(22,5)27(24)15-17-29(25,26)6/h10,18-20,24-27H,7-9,11-17H2,1-6H3/t20-,24+,25-,26+,27+,28+,29-/m1/s1. The highest BCUT2D eigenvalue weighted by Gasteiger charge is 2.58. The second kappa shape index (κ2) is 8.71. The second-order valence-corrected chi connectivity index (χ2v) is 12.4. The zero-order chi connectivity index (χ0) is 22.4. The number of allylic oxidation sites excluding steroid dienone is 4. The van der Waals surface area contributed by atoms with Crippen molar-refractivity contribution in [3.05, 3.63) is 23.5 Å². The zero-order valence-corrected chi connectivity index (χ0v) is 21.0. The fourth-order valence-electron chi connectivity index (χ4n) is 8.59. The van der Waals surface area contributed by atoms with Crippen LogP contribution in [0, 0.1) is 46.3 Å². The first kappa shape index (κ1) is 23.1. The molecule has 0 saturated heterocycles. The van der Waals surface area contributed by atoms with Crippen LogP contribution >= 0.6 is 0 Å². The van der Waals surface area contributed by atoms with Crippen LogP contribution in [0.3, 0.4) is 0 Å². The van der Waals surface area contributed by atoms with Crippen molar-refractivity contribution in [2.45, 2.75) is 106 Å². The molecule has 2 heteroatoms. The van der Waals surface area contributed by atoms with E-state index in [2.05, 4.69) is 46.8 Å². The van der Waals surface area contributed by atoms with Crippen LogP contribution in [0.5, 0.6) is 0 Å². The molecule has 0 aliphatic heterocycles. The first-order valence-electron chi connectivity index (χ1n) is 13.2. The van der Waals surface area contributed by atoms with Crippen LogP contribution in [-0.2, 0) is 9.53 Å². The lowest BCUT2D eigenvalue weighted by Gasteiger charge is -2.57. The van der Waals surface area contributed by atoms with E-state index in [1.54, 1.807) is 0 Å². The first-order valence-corrected chi connectivity index (χ1v) is 13.2. The van der Waals surface area contributed by atoms with Gasteiger partial charge in [0, 0.05) is 13.3 Å². The molecule has 4 aliphatic rings. The fraction of sp³-hybridized carbons (Fsp3) is 0.828. The van der Waals surface area contributed by atoms with Gasteiger partial charge in [-0.3, -0.25) is 4.79 Å². The summed E-state index contributed by atoms with van der Waals surface area (Å²) in [7, 11) is 0. The lowest BCUT2D eigenvalue weighted by atomic mass is 9.47. The van der Waals surface area contributed by atoms with Gasteiger partial charge in [-0.25, -0.2) is 0 Å². The van der Waals surface area contributed by atoms with E-state index in [0.717, 1.165) is 54.1 Å². The molecule has 31 heavy (non-hydrogen) atoms. The van der Waals surface area contributed by atoms with E-state index in [-0.39, 0.29) is 11.4 Å². The molecule has 4 rings (SSSR count). The van der Waals surface area contributed by atoms with E-state index < -0.39 is 0 Å². The molecule has 2 nitrogen and oxygen atoms in total. The maximum absolute atomic E-state index is 11.4. The third kappa shape index (κ3) is 4.18. The smallest absolute Gasteiger partial charge is 0.307 e. The lowest BCUT2D eigenvalue weighted by Crippen LogP contribution is -2.49. The molecule has 0 aromatic heterocycles. The van der Waals surface area contributed by atoms with Crippen molar-refractivity contribution >= 4 is 5.97 Å². The van der Waals surface area contributed by atoms with E-state index >= 15 is 0 Å². The van der Waals surface area contributed by atoms with Crippen LogP contribution in [0.15, 0.2) is 23.5 Å². The highest BCUT2D eigenvalue weighted by molar-refractivity contribution is 5.67. The number of ether oxygens (including phenoxy) is 1. The zero-order valence-electron chi connectivity index (χ0n) is 21.0. The van der Waals surface area contributed by atoms with Gasteiger partial charge in [-0.15, -0.1) is 0 Å². The molecule has 0 amide bonds. The first-order chi connectivity index (χ1) is 14.6. The lowest BCUT2D eigenvalue weighted by molar-refractivity contribution is -0.137. The normalized spacial score (nSPS) is 40.4. The molecule has 2 fully saturated rings. The van der Waals surface area contributed by atoms with Gasteiger partial charge in [-0.05, 0) is 96.5 Å². The summed E-state index contributed by atoms with van der Waals surface area (Å²) in [5.41, 5.74) is 2.28. The molecular formula is C29H46O2. The number of esters is 1. The van der Waals surface area contributed by atoms with E-state index in [4.69, 9.17) is 4.74 Å². The Morgan fingerprint density at radius 3 is 2.58 bits per heavy atom. The maximum Gasteiger partial charge on any atom is 0.307 e. The highest BCUT2D eigenvalue weighted by Crippen LogP contribution is 2.67. The SMILES string of the molecule is CC(=O)OC1=CC2=CC[C@H]3[C@@H]4CC[C@H]([C@H](C)CCCC(C)C)[C@@]4(C)CC[C@@H]3[C@@]2(C)CC1. The van der Waals surface area contributed by atoms with Crippen molar-refractivity contribution in [3.8, 4) is 0 Å². The fourth-order valence-corrected chi connectivity index (χ4v) is 8.59. The van der Waals surface area contributed by atoms with E-state index in [9.17, 15) is 4.79 Å². The van der Waals surface area contributed by atoms with E-state index in [1.165, 1.54) is 63.9 Å². The molecule has 0 unspecified atom stereocenters. The molecule has 2 saturated carbocycles. The molecule has 0 radical (unpaired) electrons. The van der Waals surface area contributed by atoms with Crippen molar-refractivity contribution < 1.29 is 9.53 Å². The van der Waals surface area contributed by atoms with Crippen molar-refractivity contribution in [3.63, 3.8) is 0 Å². The quantitative estimate of drug-likeness (QED) is 0.401. The Balaban J connectivity index is 1.50. The Bertz CT molecular complexity index is 746. The summed E-state index contributed by atoms with van der Waals surface area (Å²) in [5, 5.41) is 0. The Kier molecular flexibility index (Phi) is 6.50. The van der Waals surface area contributed by atoms with Crippen LogP contribution in [0.4, 0.5) is 0 Å². The molecule has 174 valence electrons. The van der Waals surface area contributed by atoms with Gasteiger partial charge in [0.1, 0.15) is 5.76 Å². The highest BCUT2D eigenvalue weighted by atomic mass is 16.5. The van der Waals surface area contributed by atoms with Crippen LogP contribution in [0.25, 0.3) is 0 Å². The molecule has 7 atom stereocenters. The molecule has 0 N–H and O–H groups in total. The minimum atomic E-state index is -0.183. The summed E-state index contributed by atoms with van der Waals surface area (Å²) in [6, 6.07) is 0. The van der Waals surface area contributed by atoms with Crippen LogP contribution in [0.1, 0.15) is 106 Å². The average Bonchev–Trinajstić information content (AvgIpc) is 3.05. The third-order valence-electron chi connectivity index (χ3n) is 10.2. The summed E-state index contributed by atoms with van der Waals surface area (Å²) >= 11 is 0. The molecule has 0 aromatic rings. The van der Waals surface area contributed by atoms with E-state index in [1.807, 2.05) is 0 Å². The minimum Gasteiger partial charge on any atom is -0.431 e. The number of fused-ring (bicyclic) bond motifs is 5. The minimum absolute atomic E-state index is 0.183. The van der Waals surface area contributed by atoms with Gasteiger partial charge in [0.2, 0.25) is 0 Å². The predicted octanol–water partition coefficient (Wildman–Crippen LogP) is 8.08. The number of carbonyl (C=O) groups is 1. The van der Waals surface area contributed by atoms with Gasteiger partial charge >= 0.3 is 5.97 Å².